The highest BCUT2D eigenvalue weighted by molar-refractivity contribution is 7.89. The van der Waals surface area contributed by atoms with Crippen LogP contribution in [-0.2, 0) is 14.8 Å². The van der Waals surface area contributed by atoms with E-state index < -0.39 is 10.0 Å². The molecule has 0 saturated carbocycles. The molecule has 0 saturated heterocycles. The Kier molecular flexibility index (Phi) is 6.55. The highest BCUT2D eigenvalue weighted by Crippen LogP contribution is 2.16. The van der Waals surface area contributed by atoms with Gasteiger partial charge in [-0.15, -0.1) is 0 Å². The van der Waals surface area contributed by atoms with Gasteiger partial charge >= 0.3 is 0 Å². The van der Waals surface area contributed by atoms with Gasteiger partial charge in [0, 0.05) is 12.2 Å². The van der Waals surface area contributed by atoms with Gasteiger partial charge in [0.1, 0.15) is 5.75 Å². The predicted octanol–water partition coefficient (Wildman–Crippen LogP) is 2.64. The Bertz CT molecular complexity index is 788. The molecule has 7 heteroatoms. The molecule has 25 heavy (non-hydrogen) atoms. The maximum Gasteiger partial charge on any atom is 0.262 e. The van der Waals surface area contributed by atoms with Crippen molar-refractivity contribution in [3.05, 3.63) is 54.6 Å². The summed E-state index contributed by atoms with van der Waals surface area (Å²) in [5.41, 5.74) is 0.689. The molecule has 0 aromatic heterocycles. The van der Waals surface area contributed by atoms with Gasteiger partial charge in [-0.25, -0.2) is 13.1 Å². The number of ether oxygens (including phenoxy) is 1. The first-order valence-corrected chi connectivity index (χ1v) is 9.42. The number of hydrogen-bond acceptors (Lipinski definition) is 4. The van der Waals surface area contributed by atoms with E-state index in [0.29, 0.717) is 18.0 Å². The number of para-hydroxylation sites is 1. The topological polar surface area (TPSA) is 84.5 Å². The molecule has 0 aliphatic rings. The van der Waals surface area contributed by atoms with Crippen molar-refractivity contribution in [2.75, 3.05) is 18.5 Å². The van der Waals surface area contributed by atoms with E-state index in [-0.39, 0.29) is 23.3 Å². The summed E-state index contributed by atoms with van der Waals surface area (Å²) in [6.07, 6.45) is 0. The monoisotopic (exact) mass is 362 g/mol. The fourth-order valence-electron chi connectivity index (χ4n) is 1.94. The number of benzene rings is 2. The van der Waals surface area contributed by atoms with E-state index in [0.717, 1.165) is 0 Å². The van der Waals surface area contributed by atoms with E-state index in [1.54, 1.807) is 12.1 Å². The molecule has 0 atom stereocenters. The van der Waals surface area contributed by atoms with Gasteiger partial charge in [-0.05, 0) is 42.3 Å². The maximum atomic E-state index is 12.1. The molecule has 2 aromatic carbocycles. The fourth-order valence-corrected chi connectivity index (χ4v) is 3.16. The van der Waals surface area contributed by atoms with Gasteiger partial charge in [0.25, 0.3) is 5.91 Å². The molecule has 0 aliphatic carbocycles. The molecule has 0 unspecified atom stereocenters. The van der Waals surface area contributed by atoms with Gasteiger partial charge in [0.15, 0.2) is 6.61 Å². The van der Waals surface area contributed by atoms with Crippen molar-refractivity contribution >= 4 is 21.6 Å². The Morgan fingerprint density at radius 3 is 2.28 bits per heavy atom. The minimum atomic E-state index is -3.53. The first kappa shape index (κ1) is 19.0. The third-order valence-electron chi connectivity index (χ3n) is 3.24. The Hall–Kier alpha value is -2.38. The standard InChI is InChI=1S/C18H22N2O4S/c1-14(2)12-19-25(22,23)17-10-8-16(9-11-17)24-13-18(21)20-15-6-4-3-5-7-15/h3-11,14,19H,12-13H2,1-2H3,(H,20,21). The quantitative estimate of drug-likeness (QED) is 0.756. The van der Waals surface area contributed by atoms with Crippen molar-refractivity contribution in [3.63, 3.8) is 0 Å². The number of carbonyl (C=O) groups is 1. The summed E-state index contributed by atoms with van der Waals surface area (Å²) in [5, 5.41) is 2.71. The molecule has 0 bridgehead atoms. The molecule has 0 spiro atoms. The lowest BCUT2D eigenvalue weighted by atomic mass is 10.2. The van der Waals surface area contributed by atoms with E-state index >= 15 is 0 Å². The van der Waals surface area contributed by atoms with Crippen LogP contribution in [0, 0.1) is 5.92 Å². The van der Waals surface area contributed by atoms with Crippen LogP contribution in [0.2, 0.25) is 0 Å². The van der Waals surface area contributed by atoms with Crippen LogP contribution in [-0.4, -0.2) is 27.5 Å². The number of nitrogens with one attached hydrogen (secondary N) is 2. The molecule has 0 aliphatic heterocycles. The Labute approximate surface area is 148 Å². The predicted molar refractivity (Wildman–Crippen MR) is 97.0 cm³/mol. The molecule has 6 nitrogen and oxygen atoms in total. The second-order valence-electron chi connectivity index (χ2n) is 5.92. The van der Waals surface area contributed by atoms with Gasteiger partial charge in [-0.1, -0.05) is 32.0 Å². The summed E-state index contributed by atoms with van der Waals surface area (Å²) in [6.45, 7) is 4.08. The van der Waals surface area contributed by atoms with Gasteiger partial charge in [-0.3, -0.25) is 4.79 Å². The normalized spacial score (nSPS) is 11.3. The fraction of sp³-hybridized carbons (Fsp3) is 0.278. The van der Waals surface area contributed by atoms with Crippen LogP contribution in [0.15, 0.2) is 59.5 Å². The van der Waals surface area contributed by atoms with Crippen LogP contribution >= 0.6 is 0 Å². The van der Waals surface area contributed by atoms with Crippen LogP contribution in [0.1, 0.15) is 13.8 Å². The van der Waals surface area contributed by atoms with Gasteiger partial charge in [-0.2, -0.15) is 0 Å². The van der Waals surface area contributed by atoms with Crippen molar-refractivity contribution in [2.24, 2.45) is 5.92 Å². The molecule has 134 valence electrons. The zero-order chi connectivity index (χ0) is 18.3. The summed E-state index contributed by atoms with van der Waals surface area (Å²) in [4.78, 5) is 12.0. The number of amides is 1. The summed E-state index contributed by atoms with van der Waals surface area (Å²) >= 11 is 0. The lowest BCUT2D eigenvalue weighted by Gasteiger charge is -2.10. The van der Waals surface area contributed by atoms with Gasteiger partial charge in [0.2, 0.25) is 10.0 Å². The lowest BCUT2D eigenvalue weighted by Crippen LogP contribution is -2.27. The maximum absolute atomic E-state index is 12.1. The number of rotatable bonds is 8. The zero-order valence-corrected chi connectivity index (χ0v) is 15.0. The lowest BCUT2D eigenvalue weighted by molar-refractivity contribution is -0.118. The zero-order valence-electron chi connectivity index (χ0n) is 14.2. The van der Waals surface area contributed by atoms with Crippen molar-refractivity contribution in [3.8, 4) is 5.75 Å². The van der Waals surface area contributed by atoms with E-state index in [9.17, 15) is 13.2 Å². The van der Waals surface area contributed by atoms with Crippen molar-refractivity contribution < 1.29 is 17.9 Å². The molecule has 2 rings (SSSR count). The molecular weight excluding hydrogens is 340 g/mol. The van der Waals surface area contributed by atoms with Crippen LogP contribution in [0.4, 0.5) is 5.69 Å². The first-order chi connectivity index (χ1) is 11.9. The highest BCUT2D eigenvalue weighted by Gasteiger charge is 2.14. The summed E-state index contributed by atoms with van der Waals surface area (Å²) in [6, 6.07) is 15.0. The number of carbonyl (C=O) groups excluding carboxylic acids is 1. The van der Waals surface area contributed by atoms with E-state index in [1.807, 2.05) is 32.0 Å². The summed E-state index contributed by atoms with van der Waals surface area (Å²) in [5.74, 6) is 0.355. The third-order valence-corrected chi connectivity index (χ3v) is 4.68. The Balaban J connectivity index is 1.89. The molecular formula is C18H22N2O4S. The molecule has 2 N–H and O–H groups in total. The molecule has 0 fully saturated rings. The molecule has 0 radical (unpaired) electrons. The summed E-state index contributed by atoms with van der Waals surface area (Å²) < 4.78 is 32.1. The second-order valence-corrected chi connectivity index (χ2v) is 7.69. The Morgan fingerprint density at radius 2 is 1.68 bits per heavy atom. The highest BCUT2D eigenvalue weighted by atomic mass is 32.2. The number of hydrogen-bond donors (Lipinski definition) is 2. The van der Waals surface area contributed by atoms with Crippen molar-refractivity contribution in [1.82, 2.24) is 4.72 Å². The largest absolute Gasteiger partial charge is 0.484 e. The molecule has 2 aromatic rings. The number of sulfonamides is 1. The average Bonchev–Trinajstić information content (AvgIpc) is 2.59. The van der Waals surface area contributed by atoms with Crippen molar-refractivity contribution in [2.45, 2.75) is 18.7 Å². The van der Waals surface area contributed by atoms with Crippen LogP contribution in [0.5, 0.6) is 5.75 Å². The smallest absolute Gasteiger partial charge is 0.262 e. The molecule has 1 amide bonds. The van der Waals surface area contributed by atoms with Crippen molar-refractivity contribution in [1.29, 1.82) is 0 Å². The minimum absolute atomic E-state index is 0.160. The van der Waals surface area contributed by atoms with E-state index in [1.165, 1.54) is 24.3 Å². The van der Waals surface area contributed by atoms with Gasteiger partial charge < -0.3 is 10.1 Å². The van der Waals surface area contributed by atoms with Crippen LogP contribution < -0.4 is 14.8 Å². The van der Waals surface area contributed by atoms with E-state index in [2.05, 4.69) is 10.0 Å². The van der Waals surface area contributed by atoms with E-state index in [4.69, 9.17) is 4.74 Å². The minimum Gasteiger partial charge on any atom is -0.484 e. The molecule has 0 heterocycles. The second kappa shape index (κ2) is 8.64. The average molecular weight is 362 g/mol. The first-order valence-electron chi connectivity index (χ1n) is 7.94. The number of anilines is 1. The summed E-state index contributed by atoms with van der Waals surface area (Å²) in [7, 11) is -3.53. The Morgan fingerprint density at radius 1 is 1.04 bits per heavy atom. The SMILES string of the molecule is CC(C)CNS(=O)(=O)c1ccc(OCC(=O)Nc2ccccc2)cc1. The van der Waals surface area contributed by atoms with Gasteiger partial charge in [0.05, 0.1) is 4.90 Å². The van der Waals surface area contributed by atoms with Crippen LogP contribution in [0.3, 0.4) is 0 Å². The van der Waals surface area contributed by atoms with Crippen LogP contribution in [0.25, 0.3) is 0 Å². The third kappa shape index (κ3) is 6.21.